The quantitative estimate of drug-likeness (QED) is 0.765. The Morgan fingerprint density at radius 2 is 1.79 bits per heavy atom. The first-order valence-corrected chi connectivity index (χ1v) is 10.6. The zero-order valence-electron chi connectivity index (χ0n) is 16.9. The number of anilines is 2. The molecule has 1 aliphatic heterocycles. The number of nitrogens with one attached hydrogen (secondary N) is 1. The third-order valence-corrected chi connectivity index (χ3v) is 5.68. The minimum Gasteiger partial charge on any atom is -0.368 e. The Hall–Kier alpha value is -2.89. The summed E-state index contributed by atoms with van der Waals surface area (Å²) in [6, 6.07) is 12.1. The van der Waals surface area contributed by atoms with Crippen molar-refractivity contribution in [2.24, 2.45) is 0 Å². The molecule has 1 aliphatic carbocycles. The molecule has 2 heterocycles. The number of benzene rings is 1. The molecule has 2 aromatic rings. The predicted molar refractivity (Wildman–Crippen MR) is 116 cm³/mol. The normalized spacial score (nSPS) is 17.0. The highest BCUT2D eigenvalue weighted by Gasteiger charge is 2.20. The zero-order chi connectivity index (χ0) is 19.9. The molecule has 1 N–H and O–H groups in total. The summed E-state index contributed by atoms with van der Waals surface area (Å²) >= 11 is 0. The molecule has 0 spiro atoms. The van der Waals surface area contributed by atoms with E-state index in [1.54, 1.807) is 12.3 Å². The lowest BCUT2D eigenvalue weighted by Crippen LogP contribution is -2.47. The van der Waals surface area contributed by atoms with Crippen LogP contribution in [0.4, 0.5) is 11.6 Å². The van der Waals surface area contributed by atoms with Gasteiger partial charge in [-0.05, 0) is 50.3 Å². The highest BCUT2D eigenvalue weighted by molar-refractivity contribution is 5.92. The van der Waals surface area contributed by atoms with Crippen molar-refractivity contribution in [2.45, 2.75) is 32.1 Å². The van der Waals surface area contributed by atoms with Gasteiger partial charge in [0, 0.05) is 44.6 Å². The maximum absolute atomic E-state index is 12.5. The van der Waals surface area contributed by atoms with Crippen LogP contribution in [0, 0.1) is 0 Å². The van der Waals surface area contributed by atoms with Gasteiger partial charge < -0.3 is 15.1 Å². The van der Waals surface area contributed by atoms with Crippen LogP contribution in [0.3, 0.4) is 0 Å². The molecule has 6 heteroatoms. The molecule has 1 aromatic heterocycles. The van der Waals surface area contributed by atoms with Crippen LogP contribution in [0.25, 0.3) is 0 Å². The topological polar surface area (TPSA) is 61.4 Å². The third kappa shape index (κ3) is 5.13. The Morgan fingerprint density at radius 1 is 1.00 bits per heavy atom. The maximum atomic E-state index is 12.5. The summed E-state index contributed by atoms with van der Waals surface area (Å²) in [5, 5.41) is 3.01. The zero-order valence-corrected chi connectivity index (χ0v) is 16.9. The van der Waals surface area contributed by atoms with E-state index in [1.165, 1.54) is 36.9 Å². The monoisotopic (exact) mass is 391 g/mol. The summed E-state index contributed by atoms with van der Waals surface area (Å²) in [6.07, 6.45) is 9.85. The van der Waals surface area contributed by atoms with E-state index in [0.717, 1.165) is 32.6 Å². The number of carbonyl (C=O) groups excluding carboxylic acids is 1. The van der Waals surface area contributed by atoms with Crippen molar-refractivity contribution in [2.75, 3.05) is 42.5 Å². The van der Waals surface area contributed by atoms with E-state index in [2.05, 4.69) is 55.4 Å². The molecule has 0 unspecified atom stereocenters. The molecule has 0 radical (unpaired) electrons. The SMILES string of the molecule is O=C(NCCC1=CCCCC1)c1ccnc(N2CCN(c3ccccc3)CC2)n1. The molecule has 4 rings (SSSR count). The van der Waals surface area contributed by atoms with Crippen molar-refractivity contribution in [1.29, 1.82) is 0 Å². The molecule has 1 fully saturated rings. The van der Waals surface area contributed by atoms with E-state index in [-0.39, 0.29) is 5.91 Å². The molecule has 1 amide bonds. The van der Waals surface area contributed by atoms with Gasteiger partial charge in [-0.3, -0.25) is 4.79 Å². The van der Waals surface area contributed by atoms with Crippen LogP contribution >= 0.6 is 0 Å². The third-order valence-electron chi connectivity index (χ3n) is 5.68. The minimum absolute atomic E-state index is 0.118. The van der Waals surface area contributed by atoms with E-state index >= 15 is 0 Å². The Labute approximate surface area is 172 Å². The van der Waals surface area contributed by atoms with Gasteiger partial charge in [0.1, 0.15) is 5.69 Å². The Morgan fingerprint density at radius 3 is 2.55 bits per heavy atom. The van der Waals surface area contributed by atoms with E-state index in [0.29, 0.717) is 18.2 Å². The number of nitrogens with zero attached hydrogens (tertiary/aromatic N) is 4. The molecule has 1 aromatic carbocycles. The van der Waals surface area contributed by atoms with Gasteiger partial charge in [-0.1, -0.05) is 29.8 Å². The number of piperazine rings is 1. The number of rotatable bonds is 6. The summed E-state index contributed by atoms with van der Waals surface area (Å²) in [5.41, 5.74) is 3.16. The molecule has 152 valence electrons. The summed E-state index contributed by atoms with van der Waals surface area (Å²) in [5.74, 6) is 0.522. The van der Waals surface area contributed by atoms with Crippen LogP contribution in [-0.2, 0) is 0 Å². The van der Waals surface area contributed by atoms with Crippen LogP contribution in [-0.4, -0.2) is 48.6 Å². The number of hydrogen-bond donors (Lipinski definition) is 1. The smallest absolute Gasteiger partial charge is 0.270 e. The second kappa shape index (κ2) is 9.54. The average molecular weight is 392 g/mol. The molecule has 29 heavy (non-hydrogen) atoms. The second-order valence-electron chi connectivity index (χ2n) is 7.67. The number of hydrogen-bond acceptors (Lipinski definition) is 5. The highest BCUT2D eigenvalue weighted by Crippen LogP contribution is 2.20. The van der Waals surface area contributed by atoms with E-state index in [9.17, 15) is 4.79 Å². The Kier molecular flexibility index (Phi) is 6.39. The van der Waals surface area contributed by atoms with E-state index in [1.807, 2.05) is 6.07 Å². The van der Waals surface area contributed by atoms with E-state index in [4.69, 9.17) is 0 Å². The molecule has 2 aliphatic rings. The van der Waals surface area contributed by atoms with Crippen LogP contribution in [0.5, 0.6) is 0 Å². The molecule has 1 saturated heterocycles. The summed E-state index contributed by atoms with van der Waals surface area (Å²) in [6.45, 7) is 4.18. The van der Waals surface area contributed by atoms with Crippen molar-refractivity contribution >= 4 is 17.5 Å². The van der Waals surface area contributed by atoms with Gasteiger partial charge in [0.15, 0.2) is 0 Å². The maximum Gasteiger partial charge on any atom is 0.270 e. The summed E-state index contributed by atoms with van der Waals surface area (Å²) < 4.78 is 0. The van der Waals surface area contributed by atoms with E-state index < -0.39 is 0 Å². The molecular weight excluding hydrogens is 362 g/mol. The van der Waals surface area contributed by atoms with Gasteiger partial charge in [0.2, 0.25) is 5.95 Å². The van der Waals surface area contributed by atoms with Crippen LogP contribution in [0.2, 0.25) is 0 Å². The van der Waals surface area contributed by atoms with Gasteiger partial charge in [0.25, 0.3) is 5.91 Å². The lowest BCUT2D eigenvalue weighted by molar-refractivity contribution is 0.0949. The van der Waals surface area contributed by atoms with Crippen molar-refractivity contribution in [1.82, 2.24) is 15.3 Å². The fourth-order valence-corrected chi connectivity index (χ4v) is 3.99. The minimum atomic E-state index is -0.118. The first kappa shape index (κ1) is 19.4. The highest BCUT2D eigenvalue weighted by atomic mass is 16.1. The number of aromatic nitrogens is 2. The standard InChI is InChI=1S/C23H29N5O/c29-22(24-13-11-19-7-3-1-4-8-19)21-12-14-25-23(26-21)28-17-15-27(16-18-28)20-9-5-2-6-10-20/h2,5-7,9-10,12,14H,1,3-4,8,11,13,15-18H2,(H,24,29). The fourth-order valence-electron chi connectivity index (χ4n) is 3.99. The average Bonchev–Trinajstić information content (AvgIpc) is 2.80. The van der Waals surface area contributed by atoms with Crippen LogP contribution in [0.15, 0.2) is 54.2 Å². The first-order chi connectivity index (χ1) is 14.3. The molecule has 0 bridgehead atoms. The van der Waals surface area contributed by atoms with Crippen LogP contribution in [0.1, 0.15) is 42.6 Å². The fraction of sp³-hybridized carbons (Fsp3) is 0.435. The Bertz CT molecular complexity index is 843. The number of para-hydroxylation sites is 1. The molecule has 0 saturated carbocycles. The van der Waals surface area contributed by atoms with Crippen LogP contribution < -0.4 is 15.1 Å². The van der Waals surface area contributed by atoms with Crippen molar-refractivity contribution in [3.05, 3.63) is 59.9 Å². The van der Waals surface area contributed by atoms with Crippen molar-refractivity contribution < 1.29 is 4.79 Å². The largest absolute Gasteiger partial charge is 0.368 e. The lowest BCUT2D eigenvalue weighted by atomic mass is 9.97. The molecule has 6 nitrogen and oxygen atoms in total. The van der Waals surface area contributed by atoms with Gasteiger partial charge >= 0.3 is 0 Å². The first-order valence-electron chi connectivity index (χ1n) is 10.6. The number of allylic oxidation sites excluding steroid dienone is 1. The number of amides is 1. The predicted octanol–water partition coefficient (Wildman–Crippen LogP) is 3.42. The molecular formula is C23H29N5O. The molecule has 0 atom stereocenters. The van der Waals surface area contributed by atoms with Crippen molar-refractivity contribution in [3.63, 3.8) is 0 Å². The van der Waals surface area contributed by atoms with Crippen molar-refractivity contribution in [3.8, 4) is 0 Å². The summed E-state index contributed by atoms with van der Waals surface area (Å²) in [7, 11) is 0. The second-order valence-corrected chi connectivity index (χ2v) is 7.67. The van der Waals surface area contributed by atoms with Gasteiger partial charge in [-0.2, -0.15) is 0 Å². The Balaban J connectivity index is 1.30. The number of carbonyl (C=O) groups is 1. The summed E-state index contributed by atoms with van der Waals surface area (Å²) in [4.78, 5) is 26.0. The van der Waals surface area contributed by atoms with Gasteiger partial charge in [-0.25, -0.2) is 9.97 Å². The van der Waals surface area contributed by atoms with Gasteiger partial charge in [0.05, 0.1) is 0 Å². The lowest BCUT2D eigenvalue weighted by Gasteiger charge is -2.36. The van der Waals surface area contributed by atoms with Gasteiger partial charge in [-0.15, -0.1) is 0 Å².